The van der Waals surface area contributed by atoms with E-state index in [2.05, 4.69) is 27.4 Å². The number of pyridine rings is 1. The third-order valence-corrected chi connectivity index (χ3v) is 5.52. The number of nitrogens with zero attached hydrogens (tertiary/aromatic N) is 3. The topological polar surface area (TPSA) is 30.7 Å². The molecule has 100 valence electrons. The highest BCUT2D eigenvalue weighted by atomic mass is 32.2. The maximum absolute atomic E-state index is 4.86. The van der Waals surface area contributed by atoms with E-state index in [0.29, 0.717) is 6.04 Å². The van der Waals surface area contributed by atoms with Gasteiger partial charge in [0.15, 0.2) is 5.65 Å². The molecule has 0 radical (unpaired) electrons. The quantitative estimate of drug-likeness (QED) is 0.856. The first-order valence-corrected chi connectivity index (χ1v) is 8.40. The molecule has 0 amide bonds. The van der Waals surface area contributed by atoms with Crippen molar-refractivity contribution in [1.82, 2.24) is 14.5 Å². The molecule has 2 aromatic rings. The number of imidazole rings is 1. The van der Waals surface area contributed by atoms with Crippen LogP contribution in [0.15, 0.2) is 18.3 Å². The summed E-state index contributed by atoms with van der Waals surface area (Å²) < 4.78 is 2.42. The van der Waals surface area contributed by atoms with Gasteiger partial charge in [0.05, 0.1) is 0 Å². The van der Waals surface area contributed by atoms with Crippen molar-refractivity contribution >= 4 is 22.9 Å². The van der Waals surface area contributed by atoms with Gasteiger partial charge in [-0.15, -0.1) is 0 Å². The summed E-state index contributed by atoms with van der Waals surface area (Å²) in [5.41, 5.74) is 2.17. The first kappa shape index (κ1) is 11.8. The van der Waals surface area contributed by atoms with Crippen molar-refractivity contribution in [1.29, 1.82) is 0 Å². The lowest BCUT2D eigenvalue weighted by Gasteiger charge is -2.21. The Morgan fingerprint density at radius 1 is 1.26 bits per heavy atom. The lowest BCUT2D eigenvalue weighted by Crippen LogP contribution is -2.15. The van der Waals surface area contributed by atoms with Gasteiger partial charge in [0.25, 0.3) is 0 Å². The maximum atomic E-state index is 4.86. The van der Waals surface area contributed by atoms with Crippen molar-refractivity contribution in [2.75, 3.05) is 5.75 Å². The monoisotopic (exact) mass is 273 g/mol. The molecule has 2 aliphatic rings. The van der Waals surface area contributed by atoms with Crippen molar-refractivity contribution in [3.8, 4) is 0 Å². The molecule has 19 heavy (non-hydrogen) atoms. The van der Waals surface area contributed by atoms with Crippen LogP contribution in [-0.2, 0) is 6.42 Å². The highest BCUT2D eigenvalue weighted by molar-refractivity contribution is 7.99. The molecule has 4 rings (SSSR count). The summed E-state index contributed by atoms with van der Waals surface area (Å²) >= 11 is 2.14. The number of hydrogen-bond donors (Lipinski definition) is 0. The smallest absolute Gasteiger partial charge is 0.160 e. The summed E-state index contributed by atoms with van der Waals surface area (Å²) in [5.74, 6) is 2.60. The van der Waals surface area contributed by atoms with Crippen LogP contribution in [0.3, 0.4) is 0 Å². The van der Waals surface area contributed by atoms with E-state index in [1.165, 1.54) is 43.7 Å². The average molecular weight is 273 g/mol. The van der Waals surface area contributed by atoms with E-state index < -0.39 is 0 Å². The fraction of sp³-hybridized carbons (Fsp3) is 0.600. The molecule has 0 spiro atoms. The second-order valence-corrected chi connectivity index (χ2v) is 7.08. The SMILES string of the molecule is c1cnc2c(c1)nc(CC1CCCCS1)n2C1CC1. The Bertz CT molecular complexity index is 582. The second kappa shape index (κ2) is 4.82. The van der Waals surface area contributed by atoms with Crippen LogP contribution < -0.4 is 0 Å². The van der Waals surface area contributed by atoms with E-state index in [-0.39, 0.29) is 0 Å². The molecular weight excluding hydrogens is 254 g/mol. The van der Waals surface area contributed by atoms with Crippen LogP contribution in [0.25, 0.3) is 11.2 Å². The van der Waals surface area contributed by atoms with Gasteiger partial charge >= 0.3 is 0 Å². The molecule has 1 saturated heterocycles. The third-order valence-electron chi connectivity index (χ3n) is 4.12. The van der Waals surface area contributed by atoms with Gasteiger partial charge < -0.3 is 4.57 Å². The molecule has 0 N–H and O–H groups in total. The van der Waals surface area contributed by atoms with Crippen LogP contribution in [-0.4, -0.2) is 25.5 Å². The molecular formula is C15H19N3S. The van der Waals surface area contributed by atoms with Gasteiger partial charge in [0.2, 0.25) is 0 Å². The minimum atomic E-state index is 0.670. The highest BCUT2D eigenvalue weighted by Gasteiger charge is 2.29. The Hall–Kier alpha value is -1.03. The van der Waals surface area contributed by atoms with E-state index in [1.807, 2.05) is 12.3 Å². The largest absolute Gasteiger partial charge is 0.310 e. The molecule has 2 fully saturated rings. The molecule has 1 aliphatic carbocycles. The van der Waals surface area contributed by atoms with E-state index in [9.17, 15) is 0 Å². The maximum Gasteiger partial charge on any atom is 0.160 e. The van der Waals surface area contributed by atoms with Crippen LogP contribution in [0.1, 0.15) is 44.0 Å². The third kappa shape index (κ3) is 2.27. The van der Waals surface area contributed by atoms with Crippen molar-refractivity contribution < 1.29 is 0 Å². The zero-order valence-corrected chi connectivity index (χ0v) is 11.9. The second-order valence-electron chi connectivity index (χ2n) is 5.67. The van der Waals surface area contributed by atoms with Gasteiger partial charge in [-0.1, -0.05) is 6.42 Å². The molecule has 1 saturated carbocycles. The number of fused-ring (bicyclic) bond motifs is 1. The first-order chi connectivity index (χ1) is 9.42. The van der Waals surface area contributed by atoms with Crippen molar-refractivity contribution in [2.24, 2.45) is 0 Å². The summed E-state index contributed by atoms with van der Waals surface area (Å²) in [5, 5.41) is 0.767. The predicted molar refractivity (Wildman–Crippen MR) is 79.6 cm³/mol. The van der Waals surface area contributed by atoms with Crippen LogP contribution in [0, 0.1) is 0 Å². The summed E-state index contributed by atoms with van der Waals surface area (Å²) in [6.07, 6.45) is 9.74. The van der Waals surface area contributed by atoms with E-state index in [0.717, 1.165) is 22.8 Å². The molecule has 1 atom stereocenters. The molecule has 3 nitrogen and oxygen atoms in total. The first-order valence-electron chi connectivity index (χ1n) is 7.35. The Morgan fingerprint density at radius 3 is 3.00 bits per heavy atom. The summed E-state index contributed by atoms with van der Waals surface area (Å²) in [6.45, 7) is 0. The Kier molecular flexibility index (Phi) is 2.98. The fourth-order valence-corrected chi connectivity index (χ4v) is 4.31. The van der Waals surface area contributed by atoms with Crippen LogP contribution in [0.4, 0.5) is 0 Å². The van der Waals surface area contributed by atoms with Gasteiger partial charge in [0.1, 0.15) is 11.3 Å². The van der Waals surface area contributed by atoms with Gasteiger partial charge in [-0.25, -0.2) is 9.97 Å². The summed E-state index contributed by atoms with van der Waals surface area (Å²) in [7, 11) is 0. The van der Waals surface area contributed by atoms with E-state index >= 15 is 0 Å². The number of thioether (sulfide) groups is 1. The van der Waals surface area contributed by atoms with Crippen LogP contribution in [0.2, 0.25) is 0 Å². The normalized spacial score (nSPS) is 23.9. The lowest BCUT2D eigenvalue weighted by molar-refractivity contribution is 0.618. The zero-order valence-electron chi connectivity index (χ0n) is 11.1. The van der Waals surface area contributed by atoms with E-state index in [4.69, 9.17) is 4.98 Å². The molecule has 1 unspecified atom stereocenters. The van der Waals surface area contributed by atoms with Crippen molar-refractivity contribution in [3.05, 3.63) is 24.2 Å². The lowest BCUT2D eigenvalue weighted by atomic mass is 10.1. The zero-order chi connectivity index (χ0) is 12.7. The predicted octanol–water partition coefficient (Wildman–Crippen LogP) is 3.59. The van der Waals surface area contributed by atoms with Crippen LogP contribution >= 0.6 is 11.8 Å². The Balaban J connectivity index is 1.69. The summed E-state index contributed by atoms with van der Waals surface area (Å²) in [6, 6.07) is 4.76. The fourth-order valence-electron chi connectivity index (χ4n) is 3.01. The van der Waals surface area contributed by atoms with Crippen LogP contribution in [0.5, 0.6) is 0 Å². The van der Waals surface area contributed by atoms with Gasteiger partial charge in [0, 0.05) is 23.9 Å². The van der Waals surface area contributed by atoms with Crippen molar-refractivity contribution in [3.63, 3.8) is 0 Å². The number of hydrogen-bond acceptors (Lipinski definition) is 3. The minimum Gasteiger partial charge on any atom is -0.310 e. The number of aromatic nitrogens is 3. The molecule has 0 aromatic carbocycles. The van der Waals surface area contributed by atoms with Gasteiger partial charge in [-0.2, -0.15) is 11.8 Å². The highest BCUT2D eigenvalue weighted by Crippen LogP contribution is 2.39. The molecule has 3 heterocycles. The number of rotatable bonds is 3. The minimum absolute atomic E-state index is 0.670. The van der Waals surface area contributed by atoms with Gasteiger partial charge in [-0.05, 0) is 43.6 Å². The average Bonchev–Trinajstić information content (AvgIpc) is 3.21. The Morgan fingerprint density at radius 2 is 2.21 bits per heavy atom. The van der Waals surface area contributed by atoms with Gasteiger partial charge in [-0.3, -0.25) is 0 Å². The van der Waals surface area contributed by atoms with E-state index in [1.54, 1.807) is 0 Å². The Labute approximate surface area is 117 Å². The summed E-state index contributed by atoms with van der Waals surface area (Å²) in [4.78, 5) is 9.40. The molecule has 1 aliphatic heterocycles. The van der Waals surface area contributed by atoms with Crippen molar-refractivity contribution in [2.45, 2.75) is 49.8 Å². The molecule has 0 bridgehead atoms. The molecule has 4 heteroatoms. The molecule has 2 aromatic heterocycles. The standard InChI is InChI=1S/C15H19N3S/c1-2-9-19-12(4-1)10-14-17-13-5-3-8-16-15(13)18(14)11-6-7-11/h3,5,8,11-12H,1-2,4,6-7,9-10H2.